The molecule has 0 bridgehead atoms. The minimum Gasteiger partial charge on any atom is -0.330 e. The number of fused-ring (bicyclic) bond motifs is 1. The van der Waals surface area contributed by atoms with Crippen molar-refractivity contribution in [3.05, 3.63) is 56.7 Å². The molecule has 0 amide bonds. The van der Waals surface area contributed by atoms with Gasteiger partial charge in [0, 0.05) is 15.2 Å². The fourth-order valence-electron chi connectivity index (χ4n) is 1.93. The molecular weight excluding hydrogens is 332 g/mol. The molecule has 1 N–H and O–H groups in total. The van der Waals surface area contributed by atoms with Crippen molar-refractivity contribution in [1.82, 2.24) is 9.55 Å². The smallest absolute Gasteiger partial charge is 0.182 e. The lowest BCUT2D eigenvalue weighted by Crippen LogP contribution is -1.93. The highest BCUT2D eigenvalue weighted by Crippen LogP contribution is 2.23. The van der Waals surface area contributed by atoms with Crippen LogP contribution in [-0.4, -0.2) is 9.55 Å². The van der Waals surface area contributed by atoms with Crippen LogP contribution in [0.2, 0.25) is 5.02 Å². The van der Waals surface area contributed by atoms with Gasteiger partial charge in [0.05, 0.1) is 11.0 Å². The first-order chi connectivity index (χ1) is 8.65. The van der Waals surface area contributed by atoms with Gasteiger partial charge >= 0.3 is 0 Å². The monoisotopic (exact) mass is 338 g/mol. The molecule has 1 aromatic heterocycles. The Morgan fingerprint density at radius 1 is 1.11 bits per heavy atom. The fraction of sp³-hybridized carbons (Fsp3) is 0. The van der Waals surface area contributed by atoms with Crippen molar-refractivity contribution in [3.8, 4) is 5.69 Å². The topological polar surface area (TPSA) is 20.7 Å². The van der Waals surface area contributed by atoms with Crippen LogP contribution in [0, 0.1) is 4.77 Å². The van der Waals surface area contributed by atoms with E-state index in [4.69, 9.17) is 23.8 Å². The van der Waals surface area contributed by atoms with E-state index in [0.717, 1.165) is 21.2 Å². The Balaban J connectivity index is 2.32. The van der Waals surface area contributed by atoms with Crippen LogP contribution in [0.5, 0.6) is 0 Å². The molecule has 0 saturated carbocycles. The summed E-state index contributed by atoms with van der Waals surface area (Å²) >= 11 is 14.8. The van der Waals surface area contributed by atoms with Crippen LogP contribution in [0.3, 0.4) is 0 Å². The predicted molar refractivity (Wildman–Crippen MR) is 81.2 cm³/mol. The molecule has 0 saturated heterocycles. The summed E-state index contributed by atoms with van der Waals surface area (Å²) in [6, 6.07) is 13.7. The number of aromatic nitrogens is 2. The lowest BCUT2D eigenvalue weighted by atomic mass is 10.3. The molecule has 18 heavy (non-hydrogen) atoms. The van der Waals surface area contributed by atoms with E-state index in [-0.39, 0.29) is 0 Å². The molecule has 0 aliphatic rings. The third kappa shape index (κ3) is 2.00. The number of imidazole rings is 1. The second-order valence-corrected chi connectivity index (χ2v) is 5.64. The highest BCUT2D eigenvalue weighted by molar-refractivity contribution is 9.10. The SMILES string of the molecule is S=c1[nH]c2cc(Cl)ccc2n1-c1ccc(Br)cc1. The highest BCUT2D eigenvalue weighted by atomic mass is 79.9. The average molecular weight is 340 g/mol. The summed E-state index contributed by atoms with van der Waals surface area (Å²) in [5, 5.41) is 0.696. The summed E-state index contributed by atoms with van der Waals surface area (Å²) in [7, 11) is 0. The number of H-pyrrole nitrogens is 1. The fourth-order valence-corrected chi connectivity index (χ4v) is 2.68. The normalized spacial score (nSPS) is 11.0. The maximum atomic E-state index is 5.98. The molecule has 3 aromatic rings. The molecule has 5 heteroatoms. The van der Waals surface area contributed by atoms with Crippen LogP contribution in [-0.2, 0) is 0 Å². The molecular formula is C13H8BrClN2S. The lowest BCUT2D eigenvalue weighted by Gasteiger charge is -2.04. The Kier molecular flexibility index (Phi) is 3.01. The van der Waals surface area contributed by atoms with Crippen molar-refractivity contribution < 1.29 is 0 Å². The molecule has 0 atom stereocenters. The third-order valence-electron chi connectivity index (χ3n) is 2.73. The van der Waals surface area contributed by atoms with E-state index < -0.39 is 0 Å². The first-order valence-corrected chi connectivity index (χ1v) is 6.89. The highest BCUT2D eigenvalue weighted by Gasteiger charge is 2.06. The number of aromatic amines is 1. The number of nitrogens with zero attached hydrogens (tertiary/aromatic N) is 1. The van der Waals surface area contributed by atoms with E-state index in [2.05, 4.69) is 20.9 Å². The molecule has 0 radical (unpaired) electrons. The van der Waals surface area contributed by atoms with Crippen molar-refractivity contribution in [2.45, 2.75) is 0 Å². The minimum absolute atomic E-state index is 0.662. The quantitative estimate of drug-likeness (QED) is 0.611. The van der Waals surface area contributed by atoms with Gasteiger partial charge in [0.2, 0.25) is 0 Å². The summed E-state index contributed by atoms with van der Waals surface area (Å²) in [4.78, 5) is 3.16. The first kappa shape index (κ1) is 12.0. The van der Waals surface area contributed by atoms with E-state index >= 15 is 0 Å². The zero-order valence-corrected chi connectivity index (χ0v) is 12.3. The Bertz CT molecular complexity index is 774. The maximum absolute atomic E-state index is 5.98. The molecule has 2 aromatic carbocycles. The Morgan fingerprint density at radius 2 is 1.83 bits per heavy atom. The van der Waals surface area contributed by atoms with Crippen LogP contribution in [0.4, 0.5) is 0 Å². The Hall–Kier alpha value is -1.10. The summed E-state index contributed by atoms with van der Waals surface area (Å²) in [6.07, 6.45) is 0. The van der Waals surface area contributed by atoms with E-state index in [1.165, 1.54) is 0 Å². The molecule has 2 nitrogen and oxygen atoms in total. The van der Waals surface area contributed by atoms with Crippen molar-refractivity contribution in [1.29, 1.82) is 0 Å². The third-order valence-corrected chi connectivity index (χ3v) is 3.78. The van der Waals surface area contributed by atoms with Crippen LogP contribution in [0.1, 0.15) is 0 Å². The molecule has 0 fully saturated rings. The van der Waals surface area contributed by atoms with Crippen molar-refractivity contribution >= 4 is 50.8 Å². The zero-order chi connectivity index (χ0) is 12.7. The van der Waals surface area contributed by atoms with E-state index in [1.807, 2.05) is 47.0 Å². The summed E-state index contributed by atoms with van der Waals surface area (Å²) in [5.41, 5.74) is 2.99. The maximum Gasteiger partial charge on any atom is 0.182 e. The Labute approximate surface area is 122 Å². The lowest BCUT2D eigenvalue weighted by molar-refractivity contribution is 1.06. The van der Waals surface area contributed by atoms with Gasteiger partial charge in [-0.2, -0.15) is 0 Å². The minimum atomic E-state index is 0.662. The number of hydrogen-bond acceptors (Lipinski definition) is 1. The van der Waals surface area contributed by atoms with Gasteiger partial charge in [-0.05, 0) is 54.7 Å². The van der Waals surface area contributed by atoms with Gasteiger partial charge in [-0.1, -0.05) is 27.5 Å². The van der Waals surface area contributed by atoms with Crippen molar-refractivity contribution in [2.24, 2.45) is 0 Å². The molecule has 0 unspecified atom stereocenters. The average Bonchev–Trinajstić information content (AvgIpc) is 2.65. The van der Waals surface area contributed by atoms with Gasteiger partial charge in [-0.25, -0.2) is 0 Å². The zero-order valence-electron chi connectivity index (χ0n) is 9.15. The second-order valence-electron chi connectivity index (χ2n) is 3.90. The van der Waals surface area contributed by atoms with Gasteiger partial charge in [0.25, 0.3) is 0 Å². The van der Waals surface area contributed by atoms with Gasteiger partial charge in [0.15, 0.2) is 4.77 Å². The summed E-state index contributed by atoms with van der Waals surface area (Å²) < 4.78 is 3.70. The van der Waals surface area contributed by atoms with Crippen LogP contribution in [0.15, 0.2) is 46.9 Å². The standard InChI is InChI=1S/C13H8BrClN2S/c14-8-1-4-10(5-2-8)17-12-6-3-9(15)7-11(12)16-13(17)18/h1-7H,(H,16,18). The van der Waals surface area contributed by atoms with Gasteiger partial charge in [-0.15, -0.1) is 0 Å². The van der Waals surface area contributed by atoms with E-state index in [9.17, 15) is 0 Å². The molecule has 0 aliphatic carbocycles. The van der Waals surface area contributed by atoms with Crippen molar-refractivity contribution in [2.75, 3.05) is 0 Å². The molecule has 90 valence electrons. The number of nitrogens with one attached hydrogen (secondary N) is 1. The van der Waals surface area contributed by atoms with Crippen LogP contribution < -0.4 is 0 Å². The number of halogens is 2. The van der Waals surface area contributed by atoms with Crippen LogP contribution in [0.25, 0.3) is 16.7 Å². The molecule has 0 spiro atoms. The summed E-state index contributed by atoms with van der Waals surface area (Å²) in [5.74, 6) is 0. The predicted octanol–water partition coefficient (Wildman–Crippen LogP) is 5.10. The Morgan fingerprint density at radius 3 is 2.56 bits per heavy atom. The van der Waals surface area contributed by atoms with Crippen molar-refractivity contribution in [3.63, 3.8) is 0 Å². The number of rotatable bonds is 1. The first-order valence-electron chi connectivity index (χ1n) is 5.31. The van der Waals surface area contributed by atoms with Gasteiger partial charge in [-0.3, -0.25) is 4.57 Å². The van der Waals surface area contributed by atoms with Gasteiger partial charge < -0.3 is 4.98 Å². The number of benzene rings is 2. The second kappa shape index (κ2) is 4.53. The molecule has 3 rings (SSSR count). The van der Waals surface area contributed by atoms with Gasteiger partial charge in [0.1, 0.15) is 0 Å². The number of hydrogen-bond donors (Lipinski definition) is 1. The molecule has 0 aliphatic heterocycles. The van der Waals surface area contributed by atoms with E-state index in [1.54, 1.807) is 0 Å². The molecule has 1 heterocycles. The summed E-state index contributed by atoms with van der Waals surface area (Å²) in [6.45, 7) is 0. The largest absolute Gasteiger partial charge is 0.330 e. The van der Waals surface area contributed by atoms with Crippen LogP contribution >= 0.6 is 39.7 Å². The van der Waals surface area contributed by atoms with E-state index in [0.29, 0.717) is 9.79 Å².